The molecule has 1 N–H and O–H groups in total. The van der Waals surface area contributed by atoms with Crippen molar-refractivity contribution in [2.45, 2.75) is 39.3 Å². The topological polar surface area (TPSA) is 41.3 Å². The van der Waals surface area contributed by atoms with Gasteiger partial charge in [-0.05, 0) is 56.0 Å². The van der Waals surface area contributed by atoms with Gasteiger partial charge in [0.1, 0.15) is 0 Å². The normalized spacial score (nSPS) is 17.8. The lowest BCUT2D eigenvalue weighted by Gasteiger charge is -2.29. The largest absolute Gasteiger partial charge is 0.392 e. The van der Waals surface area contributed by atoms with Crippen LogP contribution in [-0.4, -0.2) is 38.2 Å². The fourth-order valence-electron chi connectivity index (χ4n) is 4.33. The predicted molar refractivity (Wildman–Crippen MR) is 150 cm³/mol. The van der Waals surface area contributed by atoms with E-state index < -0.39 is 0 Å². The molecule has 4 rings (SSSR count). The van der Waals surface area contributed by atoms with Crippen LogP contribution in [0.4, 0.5) is 0 Å². The van der Waals surface area contributed by atoms with Gasteiger partial charge in [0.2, 0.25) is 0 Å². The fourth-order valence-corrected chi connectivity index (χ4v) is 5.59. The lowest BCUT2D eigenvalue weighted by atomic mass is 10.0. The lowest BCUT2D eigenvalue weighted by Crippen LogP contribution is -2.37. The highest BCUT2D eigenvalue weighted by molar-refractivity contribution is 14.2. The molecule has 0 aliphatic carbocycles. The second-order valence-electron chi connectivity index (χ2n) is 8.68. The molecular weight excluding hydrogens is 541 g/mol. The van der Waals surface area contributed by atoms with Gasteiger partial charge in [-0.25, -0.2) is 4.98 Å². The number of hydrogen-bond donors (Lipinski definition) is 1. The number of rotatable bonds is 7. The van der Waals surface area contributed by atoms with Gasteiger partial charge in [-0.15, -0.1) is 0 Å². The van der Waals surface area contributed by atoms with Gasteiger partial charge in [0.25, 0.3) is 0 Å². The smallest absolute Gasteiger partial charge is 0.151 e. The molecule has 4 nitrogen and oxygen atoms in total. The van der Waals surface area contributed by atoms with Crippen LogP contribution in [0.2, 0.25) is 0 Å². The molecule has 1 aliphatic rings. The molecule has 0 amide bonds. The Balaban J connectivity index is 1.64. The second kappa shape index (κ2) is 11.0. The van der Waals surface area contributed by atoms with Crippen molar-refractivity contribution in [1.29, 1.82) is 0 Å². The molecular formula is C27H30IN3OS. The molecule has 0 bridgehead atoms. The number of benzene rings is 1. The summed E-state index contributed by atoms with van der Waals surface area (Å²) in [4.78, 5) is 7.16. The molecule has 0 saturated carbocycles. The van der Waals surface area contributed by atoms with Gasteiger partial charge < -0.3 is 5.11 Å². The van der Waals surface area contributed by atoms with Crippen LogP contribution in [0.1, 0.15) is 37.8 Å². The molecule has 172 valence electrons. The Kier molecular flexibility index (Phi) is 8.11. The van der Waals surface area contributed by atoms with Gasteiger partial charge in [-0.1, -0.05) is 54.6 Å². The Morgan fingerprint density at radius 3 is 2.73 bits per heavy atom. The molecule has 0 spiro atoms. The first-order valence-corrected chi connectivity index (χ1v) is 14.6. The van der Waals surface area contributed by atoms with E-state index in [9.17, 15) is 5.11 Å². The molecule has 3 aromatic rings. The summed E-state index contributed by atoms with van der Waals surface area (Å²) in [6, 6.07) is 11.0. The number of aliphatic hydroxyl groups excluding tert-OH is 1. The molecule has 33 heavy (non-hydrogen) atoms. The SMILES string of the molecule is C=C(C)/C=C\C(=C/C)c1cn(SI)c2ncc(-c3ccc(CN4CCCC(O)C4)cc3)cc12. The highest BCUT2D eigenvalue weighted by Crippen LogP contribution is 2.34. The average Bonchev–Trinajstić information content (AvgIpc) is 3.18. The Morgan fingerprint density at radius 2 is 2.06 bits per heavy atom. The summed E-state index contributed by atoms with van der Waals surface area (Å²) >= 11 is 2.30. The quantitative estimate of drug-likeness (QED) is 0.244. The Labute approximate surface area is 212 Å². The van der Waals surface area contributed by atoms with E-state index in [-0.39, 0.29) is 6.10 Å². The van der Waals surface area contributed by atoms with Crippen LogP contribution in [-0.2, 0) is 6.54 Å². The number of allylic oxidation sites excluding steroid dienone is 5. The third kappa shape index (κ3) is 5.80. The van der Waals surface area contributed by atoms with Crippen molar-refractivity contribution in [3.05, 3.63) is 84.2 Å². The van der Waals surface area contributed by atoms with Gasteiger partial charge in [0.15, 0.2) is 5.65 Å². The van der Waals surface area contributed by atoms with Crippen molar-refractivity contribution in [3.63, 3.8) is 0 Å². The molecule has 1 atom stereocenters. The van der Waals surface area contributed by atoms with Crippen molar-refractivity contribution in [2.24, 2.45) is 0 Å². The van der Waals surface area contributed by atoms with Gasteiger partial charge in [0.05, 0.1) is 6.10 Å². The summed E-state index contributed by atoms with van der Waals surface area (Å²) in [7, 11) is 1.62. The maximum atomic E-state index is 9.93. The third-order valence-electron chi connectivity index (χ3n) is 6.03. The molecule has 1 unspecified atom stereocenters. The number of hydrogen-bond acceptors (Lipinski definition) is 4. The molecule has 6 heteroatoms. The van der Waals surface area contributed by atoms with Crippen molar-refractivity contribution >= 4 is 46.9 Å². The average molecular weight is 572 g/mol. The zero-order chi connectivity index (χ0) is 23.4. The van der Waals surface area contributed by atoms with Gasteiger partial charge >= 0.3 is 0 Å². The number of likely N-dealkylation sites (tertiary alicyclic amines) is 1. The highest BCUT2D eigenvalue weighted by Gasteiger charge is 2.18. The second-order valence-corrected chi connectivity index (χ2v) is 10.4. The summed E-state index contributed by atoms with van der Waals surface area (Å²) in [5.74, 6) is 0. The van der Waals surface area contributed by atoms with Crippen LogP contribution < -0.4 is 0 Å². The zero-order valence-corrected chi connectivity index (χ0v) is 22.1. The molecule has 0 radical (unpaired) electrons. The van der Waals surface area contributed by atoms with Crippen molar-refractivity contribution in [1.82, 2.24) is 13.9 Å². The Hall–Kier alpha value is -1.87. The first-order chi connectivity index (χ1) is 16.0. The maximum Gasteiger partial charge on any atom is 0.151 e. The minimum atomic E-state index is -0.190. The fraction of sp³-hybridized carbons (Fsp3) is 0.296. The van der Waals surface area contributed by atoms with Crippen molar-refractivity contribution < 1.29 is 5.11 Å². The number of halogens is 1. The van der Waals surface area contributed by atoms with Crippen LogP contribution in [0.25, 0.3) is 27.7 Å². The van der Waals surface area contributed by atoms with E-state index in [0.29, 0.717) is 0 Å². The number of fused-ring (bicyclic) bond motifs is 1. The van der Waals surface area contributed by atoms with Crippen LogP contribution in [0, 0.1) is 0 Å². The number of aromatic nitrogens is 2. The van der Waals surface area contributed by atoms with Gasteiger partial charge in [-0.3, -0.25) is 8.87 Å². The molecule has 1 fully saturated rings. The van der Waals surface area contributed by atoms with Crippen LogP contribution >= 0.6 is 30.3 Å². The monoisotopic (exact) mass is 571 g/mol. The van der Waals surface area contributed by atoms with Gasteiger partial charge in [-0.2, -0.15) is 0 Å². The minimum Gasteiger partial charge on any atom is -0.392 e. The summed E-state index contributed by atoms with van der Waals surface area (Å²) in [5, 5.41) is 11.1. The van der Waals surface area contributed by atoms with Crippen LogP contribution in [0.15, 0.2) is 73.1 Å². The molecule has 1 saturated heterocycles. The van der Waals surface area contributed by atoms with Crippen LogP contribution in [0.3, 0.4) is 0 Å². The van der Waals surface area contributed by atoms with E-state index >= 15 is 0 Å². The van der Waals surface area contributed by atoms with Crippen molar-refractivity contribution in [3.8, 4) is 11.1 Å². The predicted octanol–water partition coefficient (Wildman–Crippen LogP) is 7.04. The maximum absolute atomic E-state index is 9.93. The minimum absolute atomic E-state index is 0.190. The van der Waals surface area contributed by atoms with Crippen LogP contribution in [0.5, 0.6) is 0 Å². The number of aliphatic hydroxyl groups is 1. The summed E-state index contributed by atoms with van der Waals surface area (Å²) in [6.45, 7) is 10.8. The number of pyridine rings is 1. The first-order valence-electron chi connectivity index (χ1n) is 11.3. The van der Waals surface area contributed by atoms with E-state index in [2.05, 4.69) is 92.3 Å². The summed E-state index contributed by atoms with van der Waals surface area (Å²) in [6.07, 6.45) is 12.2. The molecule has 3 heterocycles. The van der Waals surface area contributed by atoms with Gasteiger partial charge in [0, 0.05) is 72.3 Å². The number of β-amino-alcohol motifs (C(OH)–C–C–N with tert-alkyl or cyclic N) is 1. The molecule has 2 aromatic heterocycles. The standard InChI is InChI=1S/C27H30IN3OS/c1-4-21(10-7-19(2)3)26-18-31(33-28)27-25(26)14-23(15-29-27)22-11-8-20(9-12-22)16-30-13-5-6-24(32)17-30/h4,7-12,14-15,18,24,32H,2,5-6,13,16-17H2,1,3H3/b10-7-,21-4+. The van der Waals surface area contributed by atoms with E-state index in [1.807, 2.05) is 19.2 Å². The van der Waals surface area contributed by atoms with Crippen molar-refractivity contribution in [2.75, 3.05) is 13.1 Å². The highest BCUT2D eigenvalue weighted by atomic mass is 127. The molecule has 1 aromatic carbocycles. The van der Waals surface area contributed by atoms with E-state index in [1.54, 1.807) is 9.12 Å². The summed E-state index contributed by atoms with van der Waals surface area (Å²) in [5.41, 5.74) is 7.87. The van der Waals surface area contributed by atoms with E-state index in [1.165, 1.54) is 11.1 Å². The Morgan fingerprint density at radius 1 is 1.27 bits per heavy atom. The summed E-state index contributed by atoms with van der Waals surface area (Å²) < 4.78 is 2.11. The lowest BCUT2D eigenvalue weighted by molar-refractivity contribution is 0.0668. The first kappa shape index (κ1) is 24.3. The third-order valence-corrected chi connectivity index (χ3v) is 7.73. The molecule has 1 aliphatic heterocycles. The Bertz CT molecular complexity index is 1200. The number of piperidine rings is 1. The van der Waals surface area contributed by atoms with E-state index in [4.69, 9.17) is 4.98 Å². The zero-order valence-electron chi connectivity index (χ0n) is 19.2. The van der Waals surface area contributed by atoms with E-state index in [0.717, 1.165) is 65.8 Å². The number of nitrogens with zero attached hydrogens (tertiary/aromatic N) is 3.